The van der Waals surface area contributed by atoms with Crippen molar-refractivity contribution in [3.05, 3.63) is 41.7 Å². The lowest BCUT2D eigenvalue weighted by molar-refractivity contribution is -0.121. The van der Waals surface area contributed by atoms with Gasteiger partial charge in [-0.05, 0) is 25.0 Å². The van der Waals surface area contributed by atoms with Crippen LogP contribution >= 0.6 is 0 Å². The number of para-hydroxylation sites is 1. The number of piperidine rings is 1. The van der Waals surface area contributed by atoms with Crippen LogP contribution in [0.3, 0.4) is 0 Å². The lowest BCUT2D eigenvalue weighted by atomic mass is 10.1. The highest BCUT2D eigenvalue weighted by Gasteiger charge is 2.12. The Bertz CT molecular complexity index is 681. The summed E-state index contributed by atoms with van der Waals surface area (Å²) in [5, 5.41) is 3.06. The van der Waals surface area contributed by atoms with Crippen LogP contribution in [0.2, 0.25) is 0 Å². The molecule has 116 valence electrons. The van der Waals surface area contributed by atoms with E-state index < -0.39 is 0 Å². The van der Waals surface area contributed by atoms with Crippen molar-refractivity contribution in [2.75, 3.05) is 13.1 Å². The van der Waals surface area contributed by atoms with Crippen LogP contribution in [0.25, 0.3) is 17.0 Å². The highest BCUT2D eigenvalue weighted by molar-refractivity contribution is 5.96. The van der Waals surface area contributed by atoms with Crippen LogP contribution in [0.5, 0.6) is 0 Å². The summed E-state index contributed by atoms with van der Waals surface area (Å²) in [6.07, 6.45) is 7.83. The number of nitrogens with zero attached hydrogens (tertiary/aromatic N) is 1. The Labute approximate surface area is 130 Å². The first kappa shape index (κ1) is 14.9. The number of hydrogen-bond donors (Lipinski definition) is 1. The molecule has 0 radical (unpaired) electrons. The molecule has 1 fully saturated rings. The molecular formula is C18H22N2O2. The van der Waals surface area contributed by atoms with Gasteiger partial charge in [0.25, 0.3) is 5.91 Å². The van der Waals surface area contributed by atoms with Crippen molar-refractivity contribution in [3.63, 3.8) is 0 Å². The fourth-order valence-corrected chi connectivity index (χ4v) is 2.92. The van der Waals surface area contributed by atoms with E-state index in [1.54, 1.807) is 6.08 Å². The van der Waals surface area contributed by atoms with Gasteiger partial charge < -0.3 is 4.42 Å². The smallest absolute Gasteiger partial charge is 0.258 e. The van der Waals surface area contributed by atoms with E-state index in [1.165, 1.54) is 6.42 Å². The third-order valence-electron chi connectivity index (χ3n) is 4.06. The Morgan fingerprint density at radius 2 is 2.05 bits per heavy atom. The molecule has 0 unspecified atom stereocenters. The van der Waals surface area contributed by atoms with Gasteiger partial charge in [-0.25, -0.2) is 5.01 Å². The van der Waals surface area contributed by atoms with E-state index in [0.29, 0.717) is 0 Å². The summed E-state index contributed by atoms with van der Waals surface area (Å²) in [6, 6.07) is 7.93. The molecule has 4 nitrogen and oxygen atoms in total. The Kier molecular flexibility index (Phi) is 4.59. The molecule has 22 heavy (non-hydrogen) atoms. The van der Waals surface area contributed by atoms with Gasteiger partial charge in [0.2, 0.25) is 0 Å². The average Bonchev–Trinajstić information content (AvgIpc) is 2.91. The third kappa shape index (κ3) is 3.22. The minimum atomic E-state index is -0.0748. The zero-order valence-electron chi connectivity index (χ0n) is 13.0. The summed E-state index contributed by atoms with van der Waals surface area (Å²) in [6.45, 7) is 3.94. The maximum absolute atomic E-state index is 12.1. The molecule has 2 aromatic rings. The van der Waals surface area contributed by atoms with Crippen LogP contribution in [-0.2, 0) is 11.2 Å². The van der Waals surface area contributed by atoms with E-state index in [4.69, 9.17) is 4.42 Å². The Balaban J connectivity index is 1.75. The second-order valence-electron chi connectivity index (χ2n) is 5.65. The summed E-state index contributed by atoms with van der Waals surface area (Å²) in [4.78, 5) is 12.1. The molecule has 0 atom stereocenters. The second kappa shape index (κ2) is 6.79. The lowest BCUT2D eigenvalue weighted by Gasteiger charge is -2.26. The zero-order valence-corrected chi connectivity index (χ0v) is 13.0. The van der Waals surface area contributed by atoms with Crippen molar-refractivity contribution in [1.82, 2.24) is 10.4 Å². The predicted octanol–water partition coefficient (Wildman–Crippen LogP) is 3.53. The first-order chi connectivity index (χ1) is 10.8. The van der Waals surface area contributed by atoms with Gasteiger partial charge in [0.1, 0.15) is 11.3 Å². The van der Waals surface area contributed by atoms with Gasteiger partial charge in [-0.1, -0.05) is 31.5 Å². The molecule has 1 amide bonds. The molecule has 1 aliphatic rings. The summed E-state index contributed by atoms with van der Waals surface area (Å²) in [5.41, 5.74) is 4.82. The van der Waals surface area contributed by atoms with E-state index in [1.807, 2.05) is 35.4 Å². The summed E-state index contributed by atoms with van der Waals surface area (Å²) in [7, 11) is 0. The number of nitrogens with one attached hydrogen (secondary N) is 1. The number of hydrogen-bond acceptors (Lipinski definition) is 3. The van der Waals surface area contributed by atoms with E-state index in [-0.39, 0.29) is 5.91 Å². The number of hydrazine groups is 1. The van der Waals surface area contributed by atoms with Crippen LogP contribution in [0, 0.1) is 0 Å². The largest absolute Gasteiger partial charge is 0.460 e. The predicted molar refractivity (Wildman–Crippen MR) is 88.2 cm³/mol. The monoisotopic (exact) mass is 298 g/mol. The molecular weight excluding hydrogens is 276 g/mol. The number of aryl methyl sites for hydroxylation is 1. The van der Waals surface area contributed by atoms with Crippen LogP contribution in [0.1, 0.15) is 37.5 Å². The quantitative estimate of drug-likeness (QED) is 0.878. The van der Waals surface area contributed by atoms with Crippen molar-refractivity contribution in [1.29, 1.82) is 0 Å². The molecule has 1 N–H and O–H groups in total. The van der Waals surface area contributed by atoms with Gasteiger partial charge in [0, 0.05) is 36.5 Å². The molecule has 2 heterocycles. The summed E-state index contributed by atoms with van der Waals surface area (Å²) < 4.78 is 5.84. The number of carbonyl (C=O) groups is 1. The maximum atomic E-state index is 12.1. The van der Waals surface area contributed by atoms with Crippen LogP contribution in [0.4, 0.5) is 0 Å². The first-order valence-electron chi connectivity index (χ1n) is 8.02. The number of benzene rings is 1. The lowest BCUT2D eigenvalue weighted by Crippen LogP contribution is -2.44. The summed E-state index contributed by atoms with van der Waals surface area (Å²) in [5.74, 6) is 0.845. The van der Waals surface area contributed by atoms with Gasteiger partial charge >= 0.3 is 0 Å². The van der Waals surface area contributed by atoms with Gasteiger partial charge in [0.05, 0.1) is 0 Å². The molecule has 1 aromatic heterocycles. The van der Waals surface area contributed by atoms with Crippen LogP contribution in [0.15, 0.2) is 34.8 Å². The molecule has 0 spiro atoms. The SMILES string of the molecule is CCc1oc2ccccc2c1/C=C/C(=O)NN1CCCCC1. The van der Waals surface area contributed by atoms with Crippen molar-refractivity contribution in [3.8, 4) is 0 Å². The number of amides is 1. The van der Waals surface area contributed by atoms with Crippen LogP contribution in [-0.4, -0.2) is 24.0 Å². The topological polar surface area (TPSA) is 45.5 Å². The Morgan fingerprint density at radius 1 is 1.27 bits per heavy atom. The van der Waals surface area contributed by atoms with Crippen molar-refractivity contribution in [2.24, 2.45) is 0 Å². The van der Waals surface area contributed by atoms with E-state index >= 15 is 0 Å². The molecule has 3 rings (SSSR count). The van der Waals surface area contributed by atoms with E-state index in [0.717, 1.165) is 54.6 Å². The minimum absolute atomic E-state index is 0.0748. The molecule has 1 saturated heterocycles. The number of furan rings is 1. The van der Waals surface area contributed by atoms with Gasteiger partial charge in [-0.2, -0.15) is 0 Å². The van der Waals surface area contributed by atoms with Crippen LogP contribution < -0.4 is 5.43 Å². The van der Waals surface area contributed by atoms with Gasteiger partial charge in [-0.3, -0.25) is 10.2 Å². The van der Waals surface area contributed by atoms with Crippen molar-refractivity contribution < 1.29 is 9.21 Å². The molecule has 0 bridgehead atoms. The van der Waals surface area contributed by atoms with Crippen molar-refractivity contribution in [2.45, 2.75) is 32.6 Å². The highest BCUT2D eigenvalue weighted by atomic mass is 16.3. The fourth-order valence-electron chi connectivity index (χ4n) is 2.92. The molecule has 4 heteroatoms. The summed E-state index contributed by atoms with van der Waals surface area (Å²) >= 11 is 0. The molecule has 0 saturated carbocycles. The third-order valence-corrected chi connectivity index (χ3v) is 4.06. The number of fused-ring (bicyclic) bond motifs is 1. The second-order valence-corrected chi connectivity index (χ2v) is 5.65. The Morgan fingerprint density at radius 3 is 2.82 bits per heavy atom. The zero-order chi connectivity index (χ0) is 15.4. The normalized spacial score (nSPS) is 16.4. The molecule has 1 aromatic carbocycles. The Hall–Kier alpha value is -2.07. The highest BCUT2D eigenvalue weighted by Crippen LogP contribution is 2.27. The number of carbonyl (C=O) groups excluding carboxylic acids is 1. The molecule has 0 aliphatic carbocycles. The standard InChI is InChI=1S/C18H22N2O2/c1-2-16-15(14-8-4-5-9-17(14)22-16)10-11-18(21)19-20-12-6-3-7-13-20/h4-5,8-11H,2-3,6-7,12-13H2,1H3,(H,19,21)/b11-10+. The molecule has 1 aliphatic heterocycles. The van der Waals surface area contributed by atoms with E-state index in [9.17, 15) is 4.79 Å². The minimum Gasteiger partial charge on any atom is -0.460 e. The van der Waals surface area contributed by atoms with Gasteiger partial charge in [-0.15, -0.1) is 0 Å². The number of rotatable bonds is 4. The first-order valence-corrected chi connectivity index (χ1v) is 8.02. The fraction of sp³-hybridized carbons (Fsp3) is 0.389. The average molecular weight is 298 g/mol. The van der Waals surface area contributed by atoms with Crippen molar-refractivity contribution >= 4 is 23.0 Å². The van der Waals surface area contributed by atoms with Gasteiger partial charge in [0.15, 0.2) is 0 Å². The van der Waals surface area contributed by atoms with E-state index in [2.05, 4.69) is 12.3 Å². The maximum Gasteiger partial charge on any atom is 0.258 e.